The lowest BCUT2D eigenvalue weighted by Gasteiger charge is -2.32. The third-order valence-corrected chi connectivity index (χ3v) is 6.45. The molecule has 27 heavy (non-hydrogen) atoms. The van der Waals surface area contributed by atoms with Crippen LogP contribution < -0.4 is 0 Å². The molecule has 1 amide bonds. The van der Waals surface area contributed by atoms with Gasteiger partial charge >= 0.3 is 0 Å². The van der Waals surface area contributed by atoms with Crippen LogP contribution in [-0.2, 0) is 4.79 Å². The van der Waals surface area contributed by atoms with Crippen molar-refractivity contribution in [3.63, 3.8) is 0 Å². The third kappa shape index (κ3) is 4.21. The Kier molecular flexibility index (Phi) is 5.83. The molecule has 2 fully saturated rings. The summed E-state index contributed by atoms with van der Waals surface area (Å²) in [7, 11) is 2.10. The molecule has 4 rings (SSSR count). The summed E-state index contributed by atoms with van der Waals surface area (Å²) in [4.78, 5) is 16.8. The van der Waals surface area contributed by atoms with Crippen molar-refractivity contribution in [3.8, 4) is 11.6 Å². The van der Waals surface area contributed by atoms with Crippen molar-refractivity contribution >= 4 is 17.7 Å². The fourth-order valence-corrected chi connectivity index (χ4v) is 4.80. The van der Waals surface area contributed by atoms with E-state index in [2.05, 4.69) is 26.7 Å². The lowest BCUT2D eigenvalue weighted by atomic mass is 9.95. The molecule has 0 aromatic carbocycles. The molecule has 1 saturated carbocycles. The zero-order valence-electron chi connectivity index (χ0n) is 15.8. The molecular formula is C19H27N5O2S. The van der Waals surface area contributed by atoms with Gasteiger partial charge in [-0.15, -0.1) is 10.2 Å². The summed E-state index contributed by atoms with van der Waals surface area (Å²) in [5.41, 5.74) is 0. The predicted octanol–water partition coefficient (Wildman–Crippen LogP) is 2.91. The molecule has 0 atom stereocenters. The molecule has 3 heterocycles. The largest absolute Gasteiger partial charge is 0.461 e. The Labute approximate surface area is 164 Å². The van der Waals surface area contributed by atoms with E-state index in [-0.39, 0.29) is 5.91 Å². The molecule has 0 unspecified atom stereocenters. The quantitative estimate of drug-likeness (QED) is 0.733. The molecule has 1 saturated heterocycles. The molecule has 7 nitrogen and oxygen atoms in total. The van der Waals surface area contributed by atoms with Crippen LogP contribution in [0.5, 0.6) is 0 Å². The minimum atomic E-state index is 0.186. The van der Waals surface area contributed by atoms with Gasteiger partial charge in [-0.25, -0.2) is 0 Å². The number of furan rings is 1. The van der Waals surface area contributed by atoms with Crippen LogP contribution in [0.15, 0.2) is 28.0 Å². The van der Waals surface area contributed by atoms with Crippen LogP contribution in [0.1, 0.15) is 38.1 Å². The van der Waals surface area contributed by atoms with Gasteiger partial charge < -0.3 is 14.2 Å². The summed E-state index contributed by atoms with van der Waals surface area (Å²) in [6, 6.07) is 4.18. The predicted molar refractivity (Wildman–Crippen MR) is 105 cm³/mol. The van der Waals surface area contributed by atoms with Crippen molar-refractivity contribution < 1.29 is 9.21 Å². The van der Waals surface area contributed by atoms with Crippen LogP contribution in [0.25, 0.3) is 11.6 Å². The minimum Gasteiger partial charge on any atom is -0.461 e. The van der Waals surface area contributed by atoms with E-state index < -0.39 is 0 Å². The smallest absolute Gasteiger partial charge is 0.233 e. The molecule has 1 aliphatic carbocycles. The van der Waals surface area contributed by atoms with Gasteiger partial charge in [0.1, 0.15) is 0 Å². The Hall–Kier alpha value is -1.80. The van der Waals surface area contributed by atoms with E-state index >= 15 is 0 Å². The second-order valence-electron chi connectivity index (χ2n) is 7.42. The number of carbonyl (C=O) groups is 1. The van der Waals surface area contributed by atoms with Gasteiger partial charge in [0, 0.05) is 32.2 Å². The second kappa shape index (κ2) is 8.48. The Morgan fingerprint density at radius 1 is 1.19 bits per heavy atom. The highest BCUT2D eigenvalue weighted by atomic mass is 32.2. The number of hydrogen-bond acceptors (Lipinski definition) is 6. The second-order valence-corrected chi connectivity index (χ2v) is 8.36. The van der Waals surface area contributed by atoms with Crippen LogP contribution in [0.4, 0.5) is 0 Å². The van der Waals surface area contributed by atoms with Crippen molar-refractivity contribution in [1.29, 1.82) is 0 Å². The maximum absolute atomic E-state index is 12.6. The summed E-state index contributed by atoms with van der Waals surface area (Å²) in [6.07, 6.45) is 7.67. The maximum Gasteiger partial charge on any atom is 0.233 e. The molecule has 0 spiro atoms. The first kappa shape index (κ1) is 18.6. The summed E-state index contributed by atoms with van der Waals surface area (Å²) in [5.74, 6) is 2.12. The average Bonchev–Trinajstić information content (AvgIpc) is 3.37. The standard InChI is InChI=1S/C19H27N5O2S/c1-22-9-11-23(12-10-22)17(25)14-27-19-21-20-18(16-8-5-13-26-16)24(19)15-6-3-2-4-7-15/h5,8,13,15H,2-4,6-7,9-12,14H2,1H3. The summed E-state index contributed by atoms with van der Waals surface area (Å²) >= 11 is 1.50. The first-order valence-electron chi connectivity index (χ1n) is 9.80. The number of thioether (sulfide) groups is 1. The van der Waals surface area contributed by atoms with Crippen LogP contribution in [0, 0.1) is 0 Å². The van der Waals surface area contributed by atoms with Gasteiger partial charge in [-0.3, -0.25) is 9.36 Å². The molecule has 0 radical (unpaired) electrons. The minimum absolute atomic E-state index is 0.186. The Balaban J connectivity index is 1.49. The number of nitrogens with zero attached hydrogens (tertiary/aromatic N) is 5. The number of amides is 1. The number of rotatable bonds is 5. The van der Waals surface area contributed by atoms with Crippen molar-refractivity contribution in [1.82, 2.24) is 24.6 Å². The highest BCUT2D eigenvalue weighted by molar-refractivity contribution is 7.99. The molecular weight excluding hydrogens is 362 g/mol. The lowest BCUT2D eigenvalue weighted by Crippen LogP contribution is -2.47. The topological polar surface area (TPSA) is 67.4 Å². The summed E-state index contributed by atoms with van der Waals surface area (Å²) in [5, 5.41) is 9.64. The number of piperazine rings is 1. The number of likely N-dealkylation sites (N-methyl/N-ethyl adjacent to an activating group) is 1. The zero-order chi connectivity index (χ0) is 18.6. The maximum atomic E-state index is 12.6. The van der Waals surface area contributed by atoms with E-state index in [9.17, 15) is 4.79 Å². The zero-order valence-corrected chi connectivity index (χ0v) is 16.7. The Morgan fingerprint density at radius 3 is 2.67 bits per heavy atom. The fourth-order valence-electron chi connectivity index (χ4n) is 3.89. The fraction of sp³-hybridized carbons (Fsp3) is 0.632. The van der Waals surface area contributed by atoms with E-state index in [0.717, 1.165) is 55.8 Å². The highest BCUT2D eigenvalue weighted by Gasteiger charge is 2.26. The first-order valence-corrected chi connectivity index (χ1v) is 10.8. The normalized spacial score (nSPS) is 19.5. The van der Waals surface area contributed by atoms with Crippen molar-refractivity contribution in [2.24, 2.45) is 0 Å². The van der Waals surface area contributed by atoms with Gasteiger partial charge in [0.25, 0.3) is 0 Å². The van der Waals surface area contributed by atoms with E-state index in [0.29, 0.717) is 11.8 Å². The molecule has 2 aromatic rings. The van der Waals surface area contributed by atoms with Gasteiger partial charge in [-0.05, 0) is 32.0 Å². The molecule has 1 aliphatic heterocycles. The number of aromatic nitrogens is 3. The molecule has 8 heteroatoms. The number of carbonyl (C=O) groups excluding carboxylic acids is 1. The highest BCUT2D eigenvalue weighted by Crippen LogP contribution is 2.35. The van der Waals surface area contributed by atoms with Crippen molar-refractivity contribution in [3.05, 3.63) is 18.4 Å². The first-order chi connectivity index (χ1) is 13.2. The van der Waals surface area contributed by atoms with E-state index in [1.807, 2.05) is 17.0 Å². The Bertz CT molecular complexity index is 746. The van der Waals surface area contributed by atoms with Crippen LogP contribution in [0.3, 0.4) is 0 Å². The van der Waals surface area contributed by atoms with Crippen LogP contribution >= 0.6 is 11.8 Å². The number of hydrogen-bond donors (Lipinski definition) is 0. The van der Waals surface area contributed by atoms with Gasteiger partial charge in [0.2, 0.25) is 11.7 Å². The molecule has 0 bridgehead atoms. The van der Waals surface area contributed by atoms with Gasteiger partial charge in [-0.2, -0.15) is 0 Å². The summed E-state index contributed by atoms with van der Waals surface area (Å²) < 4.78 is 7.79. The van der Waals surface area contributed by atoms with E-state index in [4.69, 9.17) is 4.42 Å². The average molecular weight is 390 g/mol. The van der Waals surface area contributed by atoms with Crippen LogP contribution in [0.2, 0.25) is 0 Å². The lowest BCUT2D eigenvalue weighted by molar-refractivity contribution is -0.129. The van der Waals surface area contributed by atoms with Gasteiger partial charge in [-0.1, -0.05) is 31.0 Å². The Morgan fingerprint density at radius 2 is 1.96 bits per heavy atom. The van der Waals surface area contributed by atoms with Crippen molar-refractivity contribution in [2.45, 2.75) is 43.3 Å². The molecule has 2 aromatic heterocycles. The SMILES string of the molecule is CN1CCN(C(=O)CSc2nnc(-c3ccco3)n2C2CCCCC2)CC1. The summed E-state index contributed by atoms with van der Waals surface area (Å²) in [6.45, 7) is 3.50. The van der Waals surface area contributed by atoms with E-state index in [1.54, 1.807) is 6.26 Å². The van der Waals surface area contributed by atoms with Crippen molar-refractivity contribution in [2.75, 3.05) is 39.0 Å². The third-order valence-electron chi connectivity index (χ3n) is 5.53. The van der Waals surface area contributed by atoms with E-state index in [1.165, 1.54) is 31.0 Å². The molecule has 0 N–H and O–H groups in total. The van der Waals surface area contributed by atoms with Gasteiger partial charge in [0.05, 0.1) is 12.0 Å². The van der Waals surface area contributed by atoms with Crippen LogP contribution in [-0.4, -0.2) is 69.5 Å². The molecule has 146 valence electrons. The monoisotopic (exact) mass is 389 g/mol. The molecule has 2 aliphatic rings. The van der Waals surface area contributed by atoms with Gasteiger partial charge in [0.15, 0.2) is 10.9 Å².